The van der Waals surface area contributed by atoms with E-state index in [1.165, 1.54) is 19.2 Å². The van der Waals surface area contributed by atoms with Gasteiger partial charge in [0.15, 0.2) is 0 Å². The van der Waals surface area contributed by atoms with Gasteiger partial charge in [0.05, 0.1) is 29.3 Å². The smallest absolute Gasteiger partial charge is 0.337 e. The predicted octanol–water partition coefficient (Wildman–Crippen LogP) is 3.07. The van der Waals surface area contributed by atoms with Crippen LogP contribution < -0.4 is 5.56 Å². The molecule has 0 atom stereocenters. The van der Waals surface area contributed by atoms with Gasteiger partial charge >= 0.3 is 11.9 Å². The first-order valence-corrected chi connectivity index (χ1v) is 8.59. The van der Waals surface area contributed by atoms with E-state index in [4.69, 9.17) is 0 Å². The third-order valence-electron chi connectivity index (χ3n) is 4.30. The fraction of sp³-hybridized carbons (Fsp3) is 0.143. The number of hydrogen-bond acceptors (Lipinski definition) is 5. The van der Waals surface area contributed by atoms with Crippen molar-refractivity contribution in [1.29, 1.82) is 0 Å². The minimum Gasteiger partial charge on any atom is -0.478 e. The molecule has 0 spiro atoms. The number of benzene rings is 2. The summed E-state index contributed by atoms with van der Waals surface area (Å²) in [6.07, 6.45) is 3.28. The highest BCUT2D eigenvalue weighted by Gasteiger charge is 2.11. The van der Waals surface area contributed by atoms with E-state index in [1.807, 2.05) is 6.92 Å². The number of hydrogen-bond donors (Lipinski definition) is 1. The number of carbonyl (C=O) groups is 2. The van der Waals surface area contributed by atoms with Crippen LogP contribution in [0.3, 0.4) is 0 Å². The van der Waals surface area contributed by atoms with Crippen molar-refractivity contribution in [3.63, 3.8) is 0 Å². The van der Waals surface area contributed by atoms with Crippen LogP contribution in [0.1, 0.15) is 38.9 Å². The lowest BCUT2D eigenvalue weighted by Gasteiger charge is -2.09. The van der Waals surface area contributed by atoms with Gasteiger partial charge in [0.25, 0.3) is 5.56 Å². The van der Waals surface area contributed by atoms with Crippen molar-refractivity contribution in [3.8, 4) is 0 Å². The average molecular weight is 378 g/mol. The third-order valence-corrected chi connectivity index (χ3v) is 4.30. The fourth-order valence-electron chi connectivity index (χ4n) is 2.85. The Morgan fingerprint density at radius 3 is 2.39 bits per heavy atom. The highest BCUT2D eigenvalue weighted by Crippen LogP contribution is 2.15. The number of esters is 1. The zero-order chi connectivity index (χ0) is 20.3. The molecular weight excluding hydrogens is 360 g/mol. The van der Waals surface area contributed by atoms with Gasteiger partial charge in [-0.2, -0.15) is 0 Å². The molecule has 0 aliphatic rings. The van der Waals surface area contributed by atoms with Crippen molar-refractivity contribution in [2.24, 2.45) is 0 Å². The van der Waals surface area contributed by atoms with Gasteiger partial charge in [-0.25, -0.2) is 14.6 Å². The van der Waals surface area contributed by atoms with Gasteiger partial charge in [-0.3, -0.25) is 4.79 Å². The van der Waals surface area contributed by atoms with Crippen molar-refractivity contribution in [3.05, 3.63) is 75.2 Å². The van der Waals surface area contributed by atoms with E-state index in [-0.39, 0.29) is 16.8 Å². The van der Waals surface area contributed by atoms with Crippen molar-refractivity contribution in [1.82, 2.24) is 9.55 Å². The summed E-state index contributed by atoms with van der Waals surface area (Å²) >= 11 is 0. The zero-order valence-electron chi connectivity index (χ0n) is 15.4. The first-order chi connectivity index (χ1) is 13.4. The highest BCUT2D eigenvalue weighted by atomic mass is 16.5. The van der Waals surface area contributed by atoms with Crippen LogP contribution in [-0.4, -0.2) is 33.7 Å². The lowest BCUT2D eigenvalue weighted by molar-refractivity contribution is 0.0599. The number of aromatic carboxylic acids is 1. The molecule has 3 rings (SSSR count). The van der Waals surface area contributed by atoms with Crippen LogP contribution in [0.5, 0.6) is 0 Å². The fourth-order valence-corrected chi connectivity index (χ4v) is 2.85. The van der Waals surface area contributed by atoms with Crippen LogP contribution in [0.25, 0.3) is 23.2 Å². The monoisotopic (exact) mass is 378 g/mol. The second kappa shape index (κ2) is 7.87. The van der Waals surface area contributed by atoms with Crippen molar-refractivity contribution < 1.29 is 19.4 Å². The Morgan fingerprint density at radius 2 is 1.79 bits per heavy atom. The number of aryl methyl sites for hydroxylation is 1. The Bertz CT molecular complexity index is 1140. The van der Waals surface area contributed by atoms with E-state index in [2.05, 4.69) is 9.72 Å². The number of carboxylic acid groups (broad SMARTS) is 1. The van der Waals surface area contributed by atoms with Gasteiger partial charge in [0.2, 0.25) is 0 Å². The van der Waals surface area contributed by atoms with Crippen molar-refractivity contribution >= 4 is 35.1 Å². The minimum atomic E-state index is -1.05. The Kier molecular flexibility index (Phi) is 5.35. The normalized spacial score (nSPS) is 11.1. The largest absolute Gasteiger partial charge is 0.478 e. The molecule has 0 saturated heterocycles. The van der Waals surface area contributed by atoms with Crippen molar-refractivity contribution in [2.75, 3.05) is 7.11 Å². The van der Waals surface area contributed by atoms with Crippen LogP contribution in [0.2, 0.25) is 0 Å². The maximum absolute atomic E-state index is 12.7. The maximum Gasteiger partial charge on any atom is 0.337 e. The zero-order valence-corrected chi connectivity index (χ0v) is 15.4. The average Bonchev–Trinajstić information content (AvgIpc) is 2.71. The first kappa shape index (κ1) is 19.0. The quantitative estimate of drug-likeness (QED) is 0.685. The molecule has 3 aromatic rings. The van der Waals surface area contributed by atoms with E-state index >= 15 is 0 Å². The molecule has 7 heteroatoms. The molecule has 7 nitrogen and oxygen atoms in total. The number of fused-ring (bicyclic) bond motifs is 1. The number of ether oxygens (including phenoxy) is 1. The summed E-state index contributed by atoms with van der Waals surface area (Å²) in [6, 6.07) is 11.2. The van der Waals surface area contributed by atoms with Gasteiger partial charge < -0.3 is 14.4 Å². The predicted molar refractivity (Wildman–Crippen MR) is 105 cm³/mol. The molecule has 2 aromatic carbocycles. The number of rotatable bonds is 5. The van der Waals surface area contributed by atoms with Gasteiger partial charge in [0, 0.05) is 6.54 Å². The summed E-state index contributed by atoms with van der Waals surface area (Å²) in [6.45, 7) is 2.27. The van der Waals surface area contributed by atoms with Crippen LogP contribution in [0.15, 0.2) is 47.3 Å². The van der Waals surface area contributed by atoms with E-state index in [0.29, 0.717) is 23.1 Å². The summed E-state index contributed by atoms with van der Waals surface area (Å²) in [5.41, 5.74) is 2.26. The van der Waals surface area contributed by atoms with Gasteiger partial charge in [0.1, 0.15) is 5.69 Å². The molecular formula is C21H18N2O5. The number of carboxylic acids is 1. The second-order valence-electron chi connectivity index (χ2n) is 6.00. The van der Waals surface area contributed by atoms with E-state index in [1.54, 1.807) is 47.1 Å². The Morgan fingerprint density at radius 1 is 1.11 bits per heavy atom. The molecule has 1 N–H and O–H groups in total. The lowest BCUT2D eigenvalue weighted by Crippen LogP contribution is -2.23. The molecule has 28 heavy (non-hydrogen) atoms. The lowest BCUT2D eigenvalue weighted by atomic mass is 10.1. The maximum atomic E-state index is 12.7. The molecule has 0 unspecified atom stereocenters. The van der Waals surface area contributed by atoms with Crippen LogP contribution in [0.4, 0.5) is 0 Å². The SMILES string of the molecule is CCn1c(=O)c(/C=C/c2ccc(C(=O)OC)cc2)nc2cc(C(=O)O)ccc21. The number of aromatic nitrogens is 2. The third kappa shape index (κ3) is 3.68. The molecule has 0 amide bonds. The topological polar surface area (TPSA) is 98.5 Å². The first-order valence-electron chi connectivity index (χ1n) is 8.59. The molecule has 0 fully saturated rings. The second-order valence-corrected chi connectivity index (χ2v) is 6.00. The van der Waals surface area contributed by atoms with Crippen LogP contribution in [0, 0.1) is 0 Å². The number of nitrogens with zero attached hydrogens (tertiary/aromatic N) is 2. The molecule has 1 heterocycles. The van der Waals surface area contributed by atoms with Crippen LogP contribution in [-0.2, 0) is 11.3 Å². The molecule has 0 aliphatic carbocycles. The molecule has 0 saturated carbocycles. The summed E-state index contributed by atoms with van der Waals surface area (Å²) in [7, 11) is 1.32. The van der Waals surface area contributed by atoms with Gasteiger partial charge in [-0.15, -0.1) is 0 Å². The van der Waals surface area contributed by atoms with E-state index in [9.17, 15) is 19.5 Å². The van der Waals surface area contributed by atoms with E-state index < -0.39 is 11.9 Å². The number of carbonyl (C=O) groups excluding carboxylic acids is 1. The molecule has 0 bridgehead atoms. The van der Waals surface area contributed by atoms with Crippen LogP contribution >= 0.6 is 0 Å². The summed E-state index contributed by atoms with van der Waals surface area (Å²) < 4.78 is 6.21. The molecule has 0 radical (unpaired) electrons. The standard InChI is InChI=1S/C21H18N2O5/c1-3-23-18-11-9-15(20(25)26)12-17(18)22-16(19(23)24)10-6-13-4-7-14(8-5-13)21(27)28-2/h4-12H,3H2,1-2H3,(H,25,26)/b10-6+. The molecule has 0 aliphatic heterocycles. The Balaban J connectivity index is 2.03. The minimum absolute atomic E-state index is 0.106. The summed E-state index contributed by atoms with van der Waals surface area (Å²) in [5.74, 6) is -1.48. The highest BCUT2D eigenvalue weighted by molar-refractivity contribution is 5.92. The molecule has 1 aromatic heterocycles. The van der Waals surface area contributed by atoms with Gasteiger partial charge in [-0.05, 0) is 48.9 Å². The van der Waals surface area contributed by atoms with Crippen molar-refractivity contribution in [2.45, 2.75) is 13.5 Å². The Labute approximate surface area is 160 Å². The van der Waals surface area contributed by atoms with E-state index in [0.717, 1.165) is 5.56 Å². The summed E-state index contributed by atoms with van der Waals surface area (Å²) in [5, 5.41) is 9.18. The Hall–Kier alpha value is -3.74. The number of methoxy groups -OCH3 is 1. The molecule has 142 valence electrons. The summed E-state index contributed by atoms with van der Waals surface area (Å²) in [4.78, 5) is 39.7. The van der Waals surface area contributed by atoms with Gasteiger partial charge in [-0.1, -0.05) is 18.2 Å².